The van der Waals surface area contributed by atoms with Gasteiger partial charge in [0.1, 0.15) is 12.4 Å². The Hall–Kier alpha value is -4.58. The number of carbonyl (C=O) groups excluding carboxylic acids is 2. The Kier molecular flexibility index (Phi) is 13.1. The van der Waals surface area contributed by atoms with Gasteiger partial charge in [-0.25, -0.2) is 9.59 Å². The second kappa shape index (κ2) is 17.9. The van der Waals surface area contributed by atoms with E-state index in [2.05, 4.69) is 63.6 Å². The molecule has 0 radical (unpaired) electrons. The molecule has 2 heterocycles. The molecule has 50 heavy (non-hydrogen) atoms. The van der Waals surface area contributed by atoms with E-state index < -0.39 is 24.5 Å². The molecule has 0 bridgehead atoms. The number of methoxy groups -OCH3 is 1. The van der Waals surface area contributed by atoms with E-state index in [0.717, 1.165) is 32.7 Å². The van der Waals surface area contributed by atoms with Crippen LogP contribution in [0.5, 0.6) is 5.75 Å². The first kappa shape index (κ1) is 36.7. The van der Waals surface area contributed by atoms with Crippen LogP contribution < -0.4 is 10.1 Å². The Morgan fingerprint density at radius 1 is 0.760 bits per heavy atom. The summed E-state index contributed by atoms with van der Waals surface area (Å²) in [5, 5.41) is 3.09. The van der Waals surface area contributed by atoms with Crippen molar-refractivity contribution in [2.45, 2.75) is 38.8 Å². The van der Waals surface area contributed by atoms with Crippen LogP contribution in [0.2, 0.25) is 0 Å². The first-order valence-electron chi connectivity index (χ1n) is 16.9. The number of hydrogen-bond acceptors (Lipinski definition) is 9. The highest BCUT2D eigenvalue weighted by Crippen LogP contribution is 2.43. The normalized spacial score (nSPS) is 17.2. The van der Waals surface area contributed by atoms with Gasteiger partial charge < -0.3 is 29.2 Å². The van der Waals surface area contributed by atoms with Gasteiger partial charge in [-0.2, -0.15) is 8.78 Å². The maximum Gasteiger partial charge on any atom is 0.387 e. The predicted molar refractivity (Wildman–Crippen MR) is 186 cm³/mol. The SMILES string of the molecule is COCCOC(=O)C1=C(C)NC(C)=C(C(=O)OCCCN2CCN(C(c3ccccc3)c3ccccc3)CC2)C1c1ccccc1OC(F)F. The number of halogens is 2. The number of alkyl halides is 2. The third-order valence-electron chi connectivity index (χ3n) is 9.02. The lowest BCUT2D eigenvalue weighted by Crippen LogP contribution is -2.48. The molecule has 0 amide bonds. The van der Waals surface area contributed by atoms with Crippen molar-refractivity contribution in [2.75, 3.05) is 59.7 Å². The molecule has 11 heteroatoms. The lowest BCUT2D eigenvalue weighted by molar-refractivity contribution is -0.141. The molecule has 5 rings (SSSR count). The first-order chi connectivity index (χ1) is 24.3. The monoisotopic (exact) mass is 689 g/mol. The van der Waals surface area contributed by atoms with Gasteiger partial charge in [-0.05, 0) is 37.5 Å². The maximum absolute atomic E-state index is 13.8. The summed E-state index contributed by atoms with van der Waals surface area (Å²) in [6.45, 7) is 4.81. The van der Waals surface area contributed by atoms with Crippen LogP contribution >= 0.6 is 0 Å². The van der Waals surface area contributed by atoms with Crippen LogP contribution in [0.1, 0.15) is 48.9 Å². The maximum atomic E-state index is 13.8. The van der Waals surface area contributed by atoms with Gasteiger partial charge in [-0.15, -0.1) is 0 Å². The molecule has 0 spiro atoms. The quantitative estimate of drug-likeness (QED) is 0.151. The third kappa shape index (κ3) is 9.15. The summed E-state index contributed by atoms with van der Waals surface area (Å²) >= 11 is 0. The van der Waals surface area contributed by atoms with E-state index in [1.807, 2.05) is 12.1 Å². The van der Waals surface area contributed by atoms with Gasteiger partial charge in [-0.1, -0.05) is 78.9 Å². The number of benzene rings is 3. The van der Waals surface area contributed by atoms with Crippen molar-refractivity contribution in [1.29, 1.82) is 0 Å². The van der Waals surface area contributed by atoms with Crippen LogP contribution in [0.15, 0.2) is 107 Å². The molecule has 266 valence electrons. The molecule has 1 fully saturated rings. The largest absolute Gasteiger partial charge is 0.462 e. The second-order valence-electron chi connectivity index (χ2n) is 12.3. The fraction of sp³-hybridized carbons (Fsp3) is 0.385. The molecular formula is C39H45F2N3O6. The van der Waals surface area contributed by atoms with Gasteiger partial charge in [0.05, 0.1) is 36.3 Å². The highest BCUT2D eigenvalue weighted by atomic mass is 19.3. The van der Waals surface area contributed by atoms with Crippen molar-refractivity contribution < 1.29 is 37.3 Å². The van der Waals surface area contributed by atoms with Gasteiger partial charge in [0, 0.05) is 56.8 Å². The van der Waals surface area contributed by atoms with E-state index >= 15 is 0 Å². The van der Waals surface area contributed by atoms with Crippen LogP contribution in [0.4, 0.5) is 8.78 Å². The number of nitrogens with one attached hydrogen (secondary N) is 1. The van der Waals surface area contributed by atoms with Crippen molar-refractivity contribution in [2.24, 2.45) is 0 Å². The fourth-order valence-electron chi connectivity index (χ4n) is 6.72. The number of nitrogens with zero attached hydrogens (tertiary/aromatic N) is 2. The minimum atomic E-state index is -3.11. The Bertz CT molecular complexity index is 1600. The summed E-state index contributed by atoms with van der Waals surface area (Å²) in [6, 6.07) is 27.4. The molecule has 1 atom stereocenters. The molecule has 0 aromatic heterocycles. The minimum Gasteiger partial charge on any atom is -0.462 e. The Morgan fingerprint density at radius 3 is 1.86 bits per heavy atom. The zero-order valence-corrected chi connectivity index (χ0v) is 28.8. The smallest absolute Gasteiger partial charge is 0.387 e. The molecule has 0 aliphatic carbocycles. The van der Waals surface area contributed by atoms with Crippen molar-refractivity contribution >= 4 is 11.9 Å². The molecule has 9 nitrogen and oxygen atoms in total. The molecular weight excluding hydrogens is 644 g/mol. The van der Waals surface area contributed by atoms with E-state index in [-0.39, 0.29) is 48.3 Å². The lowest BCUT2D eigenvalue weighted by atomic mass is 9.80. The second-order valence-corrected chi connectivity index (χ2v) is 12.3. The van der Waals surface area contributed by atoms with Crippen molar-refractivity contribution in [3.63, 3.8) is 0 Å². The summed E-state index contributed by atoms with van der Waals surface area (Å²) in [6.07, 6.45) is 0.600. The van der Waals surface area contributed by atoms with Gasteiger partial charge in [0.2, 0.25) is 0 Å². The molecule has 1 N–H and O–H groups in total. The number of carbonyl (C=O) groups is 2. The summed E-state index contributed by atoms with van der Waals surface area (Å²) in [5.74, 6) is -2.57. The molecule has 3 aromatic rings. The number of piperazine rings is 1. The molecule has 1 saturated heterocycles. The number of ether oxygens (including phenoxy) is 4. The number of hydrogen-bond donors (Lipinski definition) is 1. The lowest BCUT2D eigenvalue weighted by Gasteiger charge is -2.39. The van der Waals surface area contributed by atoms with Gasteiger partial charge in [0.15, 0.2) is 0 Å². The molecule has 2 aliphatic heterocycles. The Balaban J connectivity index is 1.24. The van der Waals surface area contributed by atoms with E-state index in [1.54, 1.807) is 32.0 Å². The van der Waals surface area contributed by atoms with Crippen molar-refractivity contribution in [1.82, 2.24) is 15.1 Å². The zero-order valence-electron chi connectivity index (χ0n) is 28.8. The number of dihydropyridines is 1. The highest BCUT2D eigenvalue weighted by molar-refractivity contribution is 6.00. The molecule has 2 aliphatic rings. The van der Waals surface area contributed by atoms with Crippen LogP contribution in [-0.2, 0) is 23.8 Å². The molecule has 1 unspecified atom stereocenters. The Morgan fingerprint density at radius 2 is 1.30 bits per heavy atom. The number of para-hydroxylation sites is 1. The topological polar surface area (TPSA) is 89.6 Å². The summed E-state index contributed by atoms with van der Waals surface area (Å²) < 4.78 is 48.0. The van der Waals surface area contributed by atoms with Crippen LogP contribution in [0.25, 0.3) is 0 Å². The average molecular weight is 690 g/mol. The van der Waals surface area contributed by atoms with E-state index in [9.17, 15) is 18.4 Å². The Labute approximate surface area is 292 Å². The highest BCUT2D eigenvalue weighted by Gasteiger charge is 2.40. The van der Waals surface area contributed by atoms with Crippen LogP contribution in [0.3, 0.4) is 0 Å². The summed E-state index contributed by atoms with van der Waals surface area (Å²) in [7, 11) is 1.48. The third-order valence-corrected chi connectivity index (χ3v) is 9.02. The number of allylic oxidation sites excluding steroid dienone is 2. The predicted octanol–water partition coefficient (Wildman–Crippen LogP) is 6.05. The van der Waals surface area contributed by atoms with E-state index in [4.69, 9.17) is 18.9 Å². The molecule has 3 aromatic carbocycles. The van der Waals surface area contributed by atoms with E-state index in [0.29, 0.717) is 17.8 Å². The van der Waals surface area contributed by atoms with E-state index in [1.165, 1.54) is 24.3 Å². The average Bonchev–Trinajstić information content (AvgIpc) is 3.11. The zero-order chi connectivity index (χ0) is 35.5. The van der Waals surface area contributed by atoms with Crippen molar-refractivity contribution in [3.8, 4) is 5.75 Å². The van der Waals surface area contributed by atoms with Gasteiger partial charge in [0.25, 0.3) is 0 Å². The number of esters is 2. The van der Waals surface area contributed by atoms with Gasteiger partial charge >= 0.3 is 18.6 Å². The fourth-order valence-corrected chi connectivity index (χ4v) is 6.72. The standard InChI is InChI=1S/C39H45F2N3O6/c1-27-33(35(31-17-10-11-18-32(31)50-39(40)41)34(28(2)42-27)38(46)49-26-25-47-3)37(45)48-24-12-19-43-20-22-44(23-21-43)36(29-13-6-4-7-14-29)30-15-8-5-9-16-30/h4-11,13-18,35-36,39,42H,12,19-26H2,1-3H3. The van der Waals surface area contributed by atoms with Gasteiger partial charge in [-0.3, -0.25) is 4.90 Å². The van der Waals surface area contributed by atoms with Crippen LogP contribution in [0, 0.1) is 0 Å². The minimum absolute atomic E-state index is 0.0239. The number of rotatable bonds is 15. The molecule has 0 saturated carbocycles. The van der Waals surface area contributed by atoms with Crippen molar-refractivity contribution in [3.05, 3.63) is 124 Å². The van der Waals surface area contributed by atoms with Crippen LogP contribution in [-0.4, -0.2) is 88.0 Å². The first-order valence-corrected chi connectivity index (χ1v) is 16.9. The summed E-state index contributed by atoms with van der Waals surface area (Å²) in [4.78, 5) is 32.0. The summed E-state index contributed by atoms with van der Waals surface area (Å²) in [5.41, 5.74) is 3.85.